The number of carbonyl (C=O) groups is 1. The topological polar surface area (TPSA) is 106 Å². The summed E-state index contributed by atoms with van der Waals surface area (Å²) in [4.78, 5) is 34.9. The first-order valence-electron chi connectivity index (χ1n) is 11.8. The molecule has 0 saturated carbocycles. The third-order valence-corrected chi connectivity index (χ3v) is 8.06. The lowest BCUT2D eigenvalue weighted by Gasteiger charge is -2.31. The van der Waals surface area contributed by atoms with E-state index in [9.17, 15) is 9.59 Å². The monoisotopic (exact) mass is 561 g/mol. The van der Waals surface area contributed by atoms with Crippen molar-refractivity contribution in [2.45, 2.75) is 33.2 Å². The Kier molecular flexibility index (Phi) is 7.05. The van der Waals surface area contributed by atoms with E-state index in [2.05, 4.69) is 36.6 Å². The Morgan fingerprint density at radius 3 is 2.80 bits per heavy atom. The fourth-order valence-electron chi connectivity index (χ4n) is 4.56. The first kappa shape index (κ1) is 24.2. The van der Waals surface area contributed by atoms with Gasteiger partial charge in [0.2, 0.25) is 11.7 Å². The summed E-state index contributed by atoms with van der Waals surface area (Å²) in [5.41, 5.74) is 2.15. The molecule has 2 aliphatic heterocycles. The second kappa shape index (κ2) is 10.2. The molecule has 1 amide bonds. The maximum atomic E-state index is 13.7. The molecule has 10 nitrogen and oxygen atoms in total. The number of piperazine rings is 1. The highest BCUT2D eigenvalue weighted by molar-refractivity contribution is 9.10. The van der Waals surface area contributed by atoms with Gasteiger partial charge in [-0.15, -0.1) is 16.4 Å². The van der Waals surface area contributed by atoms with Gasteiger partial charge in [-0.05, 0) is 47.3 Å². The van der Waals surface area contributed by atoms with Crippen LogP contribution in [0.2, 0.25) is 0 Å². The normalized spacial score (nSPS) is 16.5. The van der Waals surface area contributed by atoms with Crippen LogP contribution in [0.15, 0.2) is 21.4 Å². The molecule has 1 fully saturated rings. The first-order valence-corrected chi connectivity index (χ1v) is 13.4. The number of halogens is 1. The van der Waals surface area contributed by atoms with E-state index in [0.717, 1.165) is 38.7 Å². The number of hydrogen-bond donors (Lipinski definition) is 2. The summed E-state index contributed by atoms with van der Waals surface area (Å²) in [6.07, 6.45) is 3.22. The van der Waals surface area contributed by atoms with Crippen molar-refractivity contribution in [3.05, 3.63) is 43.4 Å². The summed E-state index contributed by atoms with van der Waals surface area (Å²) in [6, 6.07) is 1.98. The molecule has 0 atom stereocenters. The van der Waals surface area contributed by atoms with Crippen molar-refractivity contribution in [2.75, 3.05) is 49.6 Å². The van der Waals surface area contributed by atoms with Gasteiger partial charge in [-0.1, -0.05) is 13.0 Å². The van der Waals surface area contributed by atoms with Crippen molar-refractivity contribution in [1.29, 1.82) is 0 Å². The molecule has 5 heterocycles. The standard InChI is InChI=1S/C23H28BrN7O3S/c1-3-17-19(29-8-6-25-7-9-29)22(33)31-23(27-20(28-31)15-4-10-34-11-5-15)30(17)13-18(32)26-21-16(24)12-14(2)35-21/h4,12,25H,3,5-11,13H2,1-2H3,(H,26,32). The third-order valence-electron chi connectivity index (χ3n) is 6.21. The Bertz CT molecular complexity index is 1350. The van der Waals surface area contributed by atoms with E-state index >= 15 is 0 Å². The van der Waals surface area contributed by atoms with Gasteiger partial charge in [-0.3, -0.25) is 9.59 Å². The SMILES string of the molecule is CCc1c(N2CCNCC2)c(=O)n2nc(C3=CCOCC3)nc2n1CC(=O)Nc1sc(C)cc1Br. The molecule has 2 N–H and O–H groups in total. The Morgan fingerprint density at radius 1 is 1.34 bits per heavy atom. The Morgan fingerprint density at radius 2 is 2.14 bits per heavy atom. The van der Waals surface area contributed by atoms with Crippen LogP contribution in [-0.2, 0) is 22.5 Å². The predicted molar refractivity (Wildman–Crippen MR) is 141 cm³/mol. The van der Waals surface area contributed by atoms with Crippen LogP contribution in [0.3, 0.4) is 0 Å². The van der Waals surface area contributed by atoms with E-state index < -0.39 is 0 Å². The number of nitrogens with zero attached hydrogens (tertiary/aromatic N) is 5. The van der Waals surface area contributed by atoms with Crippen molar-refractivity contribution in [1.82, 2.24) is 24.5 Å². The molecule has 0 bridgehead atoms. The number of carbonyl (C=O) groups excluding carboxylic acids is 1. The Hall–Kier alpha value is -2.54. The zero-order chi connectivity index (χ0) is 24.5. The quantitative estimate of drug-likeness (QED) is 0.476. The molecule has 3 aromatic heterocycles. The fraction of sp³-hybridized carbons (Fsp3) is 0.478. The zero-order valence-electron chi connectivity index (χ0n) is 19.8. The number of aryl methyl sites for hydroxylation is 1. The molecule has 0 radical (unpaired) electrons. The second-order valence-electron chi connectivity index (χ2n) is 8.56. The van der Waals surface area contributed by atoms with Crippen LogP contribution in [0, 0.1) is 6.92 Å². The zero-order valence-corrected chi connectivity index (χ0v) is 22.2. The number of hydrogen-bond acceptors (Lipinski definition) is 8. The number of nitrogens with one attached hydrogen (secondary N) is 2. The molecule has 2 aliphatic rings. The summed E-state index contributed by atoms with van der Waals surface area (Å²) in [7, 11) is 0. The van der Waals surface area contributed by atoms with Crippen LogP contribution in [0.5, 0.6) is 0 Å². The number of fused-ring (bicyclic) bond motifs is 1. The molecule has 0 unspecified atom stereocenters. The Labute approximate surface area is 215 Å². The Balaban J connectivity index is 1.62. The van der Waals surface area contributed by atoms with E-state index in [-0.39, 0.29) is 18.0 Å². The minimum absolute atomic E-state index is 0.0235. The molecule has 35 heavy (non-hydrogen) atoms. The van der Waals surface area contributed by atoms with Crippen molar-refractivity contribution in [3.8, 4) is 0 Å². The smallest absolute Gasteiger partial charge is 0.299 e. The van der Waals surface area contributed by atoms with Crippen molar-refractivity contribution >= 4 is 55.2 Å². The van der Waals surface area contributed by atoms with Crippen molar-refractivity contribution < 1.29 is 9.53 Å². The lowest BCUT2D eigenvalue weighted by molar-refractivity contribution is -0.116. The molecule has 0 aliphatic carbocycles. The molecule has 0 aromatic carbocycles. The summed E-state index contributed by atoms with van der Waals surface area (Å²) in [5.74, 6) is 0.703. The van der Waals surface area contributed by atoms with E-state index in [1.54, 1.807) is 0 Å². The van der Waals surface area contributed by atoms with Gasteiger partial charge in [0.25, 0.3) is 5.56 Å². The molecule has 186 valence electrons. The van der Waals surface area contributed by atoms with E-state index in [1.807, 2.05) is 30.6 Å². The van der Waals surface area contributed by atoms with Gasteiger partial charge in [-0.2, -0.15) is 9.50 Å². The van der Waals surface area contributed by atoms with E-state index in [4.69, 9.17) is 9.72 Å². The van der Waals surface area contributed by atoms with Gasteiger partial charge >= 0.3 is 0 Å². The molecule has 5 rings (SSSR count). The highest BCUT2D eigenvalue weighted by Gasteiger charge is 2.26. The van der Waals surface area contributed by atoms with Gasteiger partial charge in [0, 0.05) is 31.1 Å². The molecule has 1 saturated heterocycles. The minimum atomic E-state index is -0.196. The lowest BCUT2D eigenvalue weighted by atomic mass is 10.1. The first-order chi connectivity index (χ1) is 17.0. The lowest BCUT2D eigenvalue weighted by Crippen LogP contribution is -2.47. The van der Waals surface area contributed by atoms with E-state index in [1.165, 1.54) is 15.9 Å². The average molecular weight is 562 g/mol. The number of thiophene rings is 1. The van der Waals surface area contributed by atoms with Crippen LogP contribution < -0.4 is 21.1 Å². The van der Waals surface area contributed by atoms with Crippen molar-refractivity contribution in [2.24, 2.45) is 0 Å². The number of anilines is 2. The van der Waals surface area contributed by atoms with Gasteiger partial charge in [-0.25, -0.2) is 0 Å². The van der Waals surface area contributed by atoms with Gasteiger partial charge < -0.3 is 24.8 Å². The van der Waals surface area contributed by atoms with Crippen molar-refractivity contribution in [3.63, 3.8) is 0 Å². The summed E-state index contributed by atoms with van der Waals surface area (Å²) in [5, 5.41) is 11.7. The molecular weight excluding hydrogens is 534 g/mol. The van der Waals surface area contributed by atoms with Crippen LogP contribution in [0.4, 0.5) is 10.7 Å². The molecule has 3 aromatic rings. The van der Waals surface area contributed by atoms with E-state index in [0.29, 0.717) is 56.4 Å². The van der Waals surface area contributed by atoms with Crippen LogP contribution in [0.25, 0.3) is 11.4 Å². The van der Waals surface area contributed by atoms with Gasteiger partial charge in [0.1, 0.15) is 17.2 Å². The number of rotatable bonds is 6. The maximum absolute atomic E-state index is 13.7. The van der Waals surface area contributed by atoms with Crippen LogP contribution >= 0.6 is 27.3 Å². The second-order valence-corrected chi connectivity index (χ2v) is 10.7. The maximum Gasteiger partial charge on any atom is 0.299 e. The summed E-state index contributed by atoms with van der Waals surface area (Å²) < 4.78 is 9.49. The average Bonchev–Trinajstić information content (AvgIpc) is 3.45. The molecule has 12 heteroatoms. The van der Waals surface area contributed by atoms with Gasteiger partial charge in [0.05, 0.1) is 23.4 Å². The molecule has 0 spiro atoms. The number of amides is 1. The minimum Gasteiger partial charge on any atom is -0.377 e. The van der Waals surface area contributed by atoms with Crippen LogP contribution in [0.1, 0.15) is 29.7 Å². The summed E-state index contributed by atoms with van der Waals surface area (Å²) >= 11 is 5.02. The van der Waals surface area contributed by atoms with Crippen LogP contribution in [-0.4, -0.2) is 64.5 Å². The summed E-state index contributed by atoms with van der Waals surface area (Å²) in [6.45, 7) is 8.13. The highest BCUT2D eigenvalue weighted by Crippen LogP contribution is 2.32. The predicted octanol–water partition coefficient (Wildman–Crippen LogP) is 2.44. The highest BCUT2D eigenvalue weighted by atomic mass is 79.9. The number of ether oxygens (including phenoxy) is 1. The number of aromatic nitrogens is 4. The fourth-order valence-corrected chi connectivity index (χ4v) is 6.22. The third kappa shape index (κ3) is 4.80. The van der Waals surface area contributed by atoms with Gasteiger partial charge in [0.15, 0.2) is 5.82 Å². The molecular formula is C23H28BrN7O3S. The largest absolute Gasteiger partial charge is 0.377 e.